The van der Waals surface area contributed by atoms with Gasteiger partial charge in [-0.1, -0.05) is 23.2 Å². The second kappa shape index (κ2) is 12.1. The maximum atomic E-state index is 12.3. The summed E-state index contributed by atoms with van der Waals surface area (Å²) in [5.41, 5.74) is 0.379. The predicted molar refractivity (Wildman–Crippen MR) is 102 cm³/mol. The molecule has 0 unspecified atom stereocenters. The number of carbonyl (C=O) groups is 1. The van der Waals surface area contributed by atoms with Crippen molar-refractivity contribution in [2.24, 2.45) is 4.99 Å². The van der Waals surface area contributed by atoms with Crippen molar-refractivity contribution in [1.82, 2.24) is 10.2 Å². The van der Waals surface area contributed by atoms with Crippen LogP contribution in [-0.2, 0) is 9.47 Å². The first kappa shape index (κ1) is 21.7. The van der Waals surface area contributed by atoms with E-state index in [9.17, 15) is 4.79 Å². The fraction of sp³-hybridized carbons (Fsp3) is 0.529. The molecular formula is C17H25Cl2N3O3. The molecule has 140 valence electrons. The number of amides is 1. The van der Waals surface area contributed by atoms with Crippen molar-refractivity contribution in [3.63, 3.8) is 0 Å². The second-order valence-electron chi connectivity index (χ2n) is 5.47. The average Bonchev–Trinajstić information content (AvgIpc) is 2.57. The summed E-state index contributed by atoms with van der Waals surface area (Å²) in [4.78, 5) is 18.7. The molecule has 0 aliphatic rings. The minimum absolute atomic E-state index is 0.175. The van der Waals surface area contributed by atoms with E-state index >= 15 is 0 Å². The lowest BCUT2D eigenvalue weighted by atomic mass is 10.2. The molecule has 1 aromatic rings. The third-order valence-corrected chi connectivity index (χ3v) is 3.83. The van der Waals surface area contributed by atoms with Gasteiger partial charge in [-0.15, -0.1) is 0 Å². The number of carbonyl (C=O) groups excluding carboxylic acids is 1. The highest BCUT2D eigenvalue weighted by molar-refractivity contribution is 6.42. The lowest BCUT2D eigenvalue weighted by Gasteiger charge is -2.12. The smallest absolute Gasteiger partial charge is 0.291 e. The molecule has 0 aliphatic carbocycles. The van der Waals surface area contributed by atoms with Crippen LogP contribution in [0.3, 0.4) is 0 Å². The van der Waals surface area contributed by atoms with E-state index in [0.717, 1.165) is 13.0 Å². The zero-order valence-electron chi connectivity index (χ0n) is 14.8. The monoisotopic (exact) mass is 389 g/mol. The number of rotatable bonds is 9. The van der Waals surface area contributed by atoms with Crippen LogP contribution in [-0.4, -0.2) is 63.8 Å². The van der Waals surface area contributed by atoms with E-state index in [1.165, 1.54) is 6.07 Å². The van der Waals surface area contributed by atoms with Gasteiger partial charge >= 0.3 is 0 Å². The quantitative estimate of drug-likeness (QED) is 0.400. The Labute approximate surface area is 159 Å². The van der Waals surface area contributed by atoms with E-state index in [1.54, 1.807) is 12.1 Å². The number of hydrogen-bond donors (Lipinski definition) is 1. The summed E-state index contributed by atoms with van der Waals surface area (Å²) in [6.45, 7) is 4.69. The Hall–Kier alpha value is -1.34. The van der Waals surface area contributed by atoms with E-state index in [0.29, 0.717) is 42.0 Å². The third-order valence-electron chi connectivity index (χ3n) is 3.09. The minimum Gasteiger partial charge on any atom is -0.463 e. The summed E-state index contributed by atoms with van der Waals surface area (Å²) < 4.78 is 10.7. The molecular weight excluding hydrogens is 365 g/mol. The Balaban J connectivity index is 2.67. The van der Waals surface area contributed by atoms with Gasteiger partial charge in [0.15, 0.2) is 0 Å². The molecule has 0 bridgehead atoms. The fourth-order valence-corrected chi connectivity index (χ4v) is 2.14. The van der Waals surface area contributed by atoms with Crippen LogP contribution >= 0.6 is 23.2 Å². The molecule has 1 N–H and O–H groups in total. The summed E-state index contributed by atoms with van der Waals surface area (Å²) >= 11 is 11.8. The standard InChI is InChI=1S/C17H25Cl2N3O3/c1-4-24-10-11-25-17(20-8-5-9-22(2)3)21-16(23)13-6-7-14(18)15(19)12-13/h6-7,12H,4-5,8-11H2,1-3H3,(H,20,21,23). The Morgan fingerprint density at radius 2 is 2.00 bits per heavy atom. The van der Waals surface area contributed by atoms with Gasteiger partial charge in [-0.2, -0.15) is 0 Å². The Bertz CT molecular complexity index is 580. The number of ether oxygens (including phenoxy) is 2. The Morgan fingerprint density at radius 1 is 1.24 bits per heavy atom. The van der Waals surface area contributed by atoms with Gasteiger partial charge in [0.2, 0.25) is 0 Å². The summed E-state index contributed by atoms with van der Waals surface area (Å²) in [5, 5.41) is 3.37. The van der Waals surface area contributed by atoms with E-state index in [1.807, 2.05) is 21.0 Å². The maximum Gasteiger partial charge on any atom is 0.291 e. The molecule has 6 nitrogen and oxygen atoms in total. The maximum absolute atomic E-state index is 12.3. The van der Waals surface area contributed by atoms with E-state index < -0.39 is 0 Å². The van der Waals surface area contributed by atoms with Crippen molar-refractivity contribution in [2.45, 2.75) is 13.3 Å². The van der Waals surface area contributed by atoms with Crippen molar-refractivity contribution < 1.29 is 14.3 Å². The molecule has 0 aromatic heterocycles. The number of nitrogens with one attached hydrogen (secondary N) is 1. The first-order valence-corrected chi connectivity index (χ1v) is 8.85. The number of amidine groups is 1. The molecule has 1 aromatic carbocycles. The van der Waals surface area contributed by atoms with Crippen molar-refractivity contribution in [3.8, 4) is 0 Å². The van der Waals surface area contributed by atoms with Gasteiger partial charge in [0, 0.05) is 18.7 Å². The van der Waals surface area contributed by atoms with Crippen LogP contribution in [0.4, 0.5) is 0 Å². The number of hydrogen-bond acceptors (Lipinski definition) is 5. The zero-order chi connectivity index (χ0) is 18.7. The highest BCUT2D eigenvalue weighted by atomic mass is 35.5. The van der Waals surface area contributed by atoms with Gasteiger partial charge in [0.1, 0.15) is 6.61 Å². The number of aliphatic imine (C=N–C) groups is 1. The Kier molecular flexibility index (Phi) is 10.5. The molecule has 8 heteroatoms. The highest BCUT2D eigenvalue weighted by Crippen LogP contribution is 2.22. The normalized spacial score (nSPS) is 11.7. The van der Waals surface area contributed by atoms with Gasteiger partial charge in [-0.25, -0.2) is 4.99 Å². The van der Waals surface area contributed by atoms with Gasteiger partial charge in [0.25, 0.3) is 11.9 Å². The van der Waals surface area contributed by atoms with Crippen molar-refractivity contribution >= 4 is 35.1 Å². The van der Waals surface area contributed by atoms with Gasteiger partial charge in [-0.05, 0) is 52.2 Å². The number of benzene rings is 1. The lowest BCUT2D eigenvalue weighted by molar-refractivity contribution is 0.0922. The fourth-order valence-electron chi connectivity index (χ4n) is 1.84. The molecule has 0 saturated carbocycles. The topological polar surface area (TPSA) is 63.2 Å². The first-order chi connectivity index (χ1) is 11.9. The van der Waals surface area contributed by atoms with Crippen LogP contribution in [0.5, 0.6) is 0 Å². The highest BCUT2D eigenvalue weighted by Gasteiger charge is 2.12. The lowest BCUT2D eigenvalue weighted by Crippen LogP contribution is -2.33. The van der Waals surface area contributed by atoms with E-state index in [-0.39, 0.29) is 11.9 Å². The average molecular weight is 390 g/mol. The van der Waals surface area contributed by atoms with Crippen LogP contribution in [0.1, 0.15) is 23.7 Å². The van der Waals surface area contributed by atoms with Crippen LogP contribution in [0.25, 0.3) is 0 Å². The van der Waals surface area contributed by atoms with Crippen molar-refractivity contribution in [3.05, 3.63) is 33.8 Å². The van der Waals surface area contributed by atoms with Crippen molar-refractivity contribution in [1.29, 1.82) is 0 Å². The molecule has 1 amide bonds. The van der Waals surface area contributed by atoms with Gasteiger partial charge in [-0.3, -0.25) is 10.1 Å². The van der Waals surface area contributed by atoms with Crippen LogP contribution in [0.2, 0.25) is 10.0 Å². The molecule has 0 atom stereocenters. The first-order valence-electron chi connectivity index (χ1n) is 8.10. The third kappa shape index (κ3) is 9.07. The van der Waals surface area contributed by atoms with Crippen LogP contribution < -0.4 is 5.32 Å². The van der Waals surface area contributed by atoms with Gasteiger partial charge < -0.3 is 14.4 Å². The Morgan fingerprint density at radius 3 is 2.64 bits per heavy atom. The molecule has 0 heterocycles. The number of halogens is 2. The van der Waals surface area contributed by atoms with Crippen LogP contribution in [0.15, 0.2) is 23.2 Å². The SMILES string of the molecule is CCOCCOC(=NCCCN(C)C)NC(=O)c1ccc(Cl)c(Cl)c1. The molecule has 0 radical (unpaired) electrons. The molecule has 25 heavy (non-hydrogen) atoms. The largest absolute Gasteiger partial charge is 0.463 e. The molecule has 1 rings (SSSR count). The van der Waals surface area contributed by atoms with Crippen molar-refractivity contribution in [2.75, 3.05) is 47.0 Å². The van der Waals surface area contributed by atoms with E-state index in [2.05, 4.69) is 15.2 Å². The summed E-state index contributed by atoms with van der Waals surface area (Å²) in [6, 6.07) is 4.84. The summed E-state index contributed by atoms with van der Waals surface area (Å²) in [6.07, 6.45) is 0.855. The number of nitrogens with zero attached hydrogens (tertiary/aromatic N) is 2. The minimum atomic E-state index is -0.360. The summed E-state index contributed by atoms with van der Waals surface area (Å²) in [7, 11) is 3.99. The zero-order valence-corrected chi connectivity index (χ0v) is 16.4. The van der Waals surface area contributed by atoms with Crippen LogP contribution in [0, 0.1) is 0 Å². The predicted octanol–water partition coefficient (Wildman–Crippen LogP) is 3.08. The summed E-state index contributed by atoms with van der Waals surface area (Å²) in [5.74, 6) is -0.360. The molecule has 0 saturated heterocycles. The van der Waals surface area contributed by atoms with E-state index in [4.69, 9.17) is 32.7 Å². The molecule has 0 aliphatic heterocycles. The molecule has 0 fully saturated rings. The second-order valence-corrected chi connectivity index (χ2v) is 6.29. The molecule has 0 spiro atoms. The van der Waals surface area contributed by atoms with Gasteiger partial charge in [0.05, 0.1) is 16.7 Å².